The molecule has 0 saturated heterocycles. The van der Waals surface area contributed by atoms with Crippen molar-refractivity contribution in [2.24, 2.45) is 0 Å². The van der Waals surface area contributed by atoms with Gasteiger partial charge in [0.05, 0.1) is 12.8 Å². The van der Waals surface area contributed by atoms with Crippen molar-refractivity contribution in [2.75, 3.05) is 12.4 Å². The minimum atomic E-state index is -0.444. The SMILES string of the molecule is COC(=O)c1sc(NC(=O)c2ccc3c4c(cccc24)CC3)nc1C. The third-order valence-electron chi connectivity index (χ3n) is 4.51. The molecule has 1 aliphatic rings. The monoisotopic (exact) mass is 352 g/mol. The Bertz CT molecular complexity index is 1010. The van der Waals surface area contributed by atoms with E-state index in [9.17, 15) is 9.59 Å². The average molecular weight is 352 g/mol. The van der Waals surface area contributed by atoms with Crippen molar-refractivity contribution in [3.63, 3.8) is 0 Å². The first-order valence-corrected chi connectivity index (χ1v) is 8.80. The third-order valence-corrected chi connectivity index (χ3v) is 5.56. The van der Waals surface area contributed by atoms with Gasteiger partial charge in [-0.05, 0) is 47.7 Å². The first-order valence-electron chi connectivity index (χ1n) is 7.99. The number of esters is 1. The number of carbonyl (C=O) groups excluding carboxylic acids is 2. The van der Waals surface area contributed by atoms with E-state index in [-0.39, 0.29) is 5.91 Å². The molecule has 1 aromatic heterocycles. The maximum absolute atomic E-state index is 12.8. The maximum atomic E-state index is 12.8. The van der Waals surface area contributed by atoms with Crippen LogP contribution in [0.5, 0.6) is 0 Å². The van der Waals surface area contributed by atoms with Crippen LogP contribution in [0.4, 0.5) is 5.13 Å². The van der Waals surface area contributed by atoms with Crippen LogP contribution in [0.3, 0.4) is 0 Å². The average Bonchev–Trinajstić information content (AvgIpc) is 3.19. The largest absolute Gasteiger partial charge is 0.465 e. The number of rotatable bonds is 3. The van der Waals surface area contributed by atoms with Crippen molar-refractivity contribution in [1.82, 2.24) is 4.98 Å². The first kappa shape index (κ1) is 15.8. The van der Waals surface area contributed by atoms with Crippen molar-refractivity contribution in [3.05, 3.63) is 57.6 Å². The van der Waals surface area contributed by atoms with Gasteiger partial charge in [-0.25, -0.2) is 9.78 Å². The summed E-state index contributed by atoms with van der Waals surface area (Å²) in [6.45, 7) is 1.72. The van der Waals surface area contributed by atoms with Gasteiger partial charge in [-0.1, -0.05) is 35.6 Å². The summed E-state index contributed by atoms with van der Waals surface area (Å²) in [5.41, 5.74) is 3.75. The number of aromatic nitrogens is 1. The minimum Gasteiger partial charge on any atom is -0.465 e. The number of aryl methyl sites for hydroxylation is 3. The number of ether oxygens (including phenoxy) is 1. The molecule has 6 heteroatoms. The quantitative estimate of drug-likeness (QED) is 0.729. The molecule has 3 aromatic rings. The number of carbonyl (C=O) groups is 2. The van der Waals surface area contributed by atoms with Crippen LogP contribution in [0, 0.1) is 6.92 Å². The predicted octanol–water partition coefficient (Wildman–Crippen LogP) is 3.74. The summed E-state index contributed by atoms with van der Waals surface area (Å²) in [7, 11) is 1.33. The fraction of sp³-hybridized carbons (Fsp3) is 0.211. The van der Waals surface area contributed by atoms with E-state index in [4.69, 9.17) is 4.74 Å². The van der Waals surface area contributed by atoms with Gasteiger partial charge in [0, 0.05) is 5.56 Å². The summed E-state index contributed by atoms with van der Waals surface area (Å²) in [4.78, 5) is 29.1. The van der Waals surface area contributed by atoms with E-state index >= 15 is 0 Å². The van der Waals surface area contributed by atoms with Crippen LogP contribution >= 0.6 is 11.3 Å². The fourth-order valence-corrected chi connectivity index (χ4v) is 4.22. The van der Waals surface area contributed by atoms with E-state index in [1.165, 1.54) is 23.6 Å². The molecule has 126 valence electrons. The van der Waals surface area contributed by atoms with E-state index in [1.54, 1.807) is 6.92 Å². The highest BCUT2D eigenvalue weighted by atomic mass is 32.1. The van der Waals surface area contributed by atoms with Gasteiger partial charge < -0.3 is 4.74 Å². The molecule has 0 fully saturated rings. The second kappa shape index (κ2) is 5.97. The number of thiazole rings is 1. The van der Waals surface area contributed by atoms with Crippen LogP contribution in [-0.2, 0) is 17.6 Å². The molecule has 25 heavy (non-hydrogen) atoms. The Morgan fingerprint density at radius 2 is 1.92 bits per heavy atom. The molecule has 1 heterocycles. The molecular formula is C19H16N2O3S. The number of amides is 1. The van der Waals surface area contributed by atoms with Crippen LogP contribution in [0.1, 0.15) is 36.9 Å². The van der Waals surface area contributed by atoms with E-state index in [2.05, 4.69) is 16.4 Å². The zero-order chi connectivity index (χ0) is 17.6. The number of methoxy groups -OCH3 is 1. The molecule has 0 atom stereocenters. The highest BCUT2D eigenvalue weighted by molar-refractivity contribution is 7.17. The summed E-state index contributed by atoms with van der Waals surface area (Å²) in [6, 6.07) is 9.99. The second-order valence-electron chi connectivity index (χ2n) is 5.99. The first-order chi connectivity index (χ1) is 12.1. The van der Waals surface area contributed by atoms with Gasteiger partial charge in [-0.3, -0.25) is 10.1 Å². The molecule has 0 saturated carbocycles. The van der Waals surface area contributed by atoms with Gasteiger partial charge in [-0.15, -0.1) is 0 Å². The van der Waals surface area contributed by atoms with E-state index < -0.39 is 5.97 Å². The lowest BCUT2D eigenvalue weighted by molar-refractivity contribution is 0.0605. The molecule has 0 spiro atoms. The van der Waals surface area contributed by atoms with E-state index in [0.717, 1.165) is 29.6 Å². The molecule has 0 aliphatic heterocycles. The summed E-state index contributed by atoms with van der Waals surface area (Å²) in [5, 5.41) is 5.36. The van der Waals surface area contributed by atoms with Crippen LogP contribution in [-0.4, -0.2) is 24.0 Å². The van der Waals surface area contributed by atoms with Crippen molar-refractivity contribution < 1.29 is 14.3 Å². The standard InChI is InChI=1S/C19H16N2O3S/c1-10-16(18(23)24-2)25-19(20-10)21-17(22)14-9-8-12-7-6-11-4-3-5-13(14)15(11)12/h3-5,8-9H,6-7H2,1-2H3,(H,20,21,22). The predicted molar refractivity (Wildman–Crippen MR) is 97.5 cm³/mol. The Kier molecular flexibility index (Phi) is 3.77. The number of hydrogen-bond acceptors (Lipinski definition) is 5. The van der Waals surface area contributed by atoms with Gasteiger partial charge in [-0.2, -0.15) is 0 Å². The molecule has 2 aromatic carbocycles. The topological polar surface area (TPSA) is 68.3 Å². The Morgan fingerprint density at radius 3 is 2.68 bits per heavy atom. The Morgan fingerprint density at radius 1 is 1.16 bits per heavy atom. The molecular weight excluding hydrogens is 336 g/mol. The van der Waals surface area contributed by atoms with Gasteiger partial charge in [0.15, 0.2) is 5.13 Å². The lowest BCUT2D eigenvalue weighted by atomic mass is 9.99. The maximum Gasteiger partial charge on any atom is 0.350 e. The molecule has 5 nitrogen and oxygen atoms in total. The second-order valence-corrected chi connectivity index (χ2v) is 6.99. The molecule has 1 amide bonds. The number of nitrogens with zero attached hydrogens (tertiary/aromatic N) is 1. The number of nitrogens with one attached hydrogen (secondary N) is 1. The lowest BCUT2D eigenvalue weighted by Gasteiger charge is -2.08. The highest BCUT2D eigenvalue weighted by Crippen LogP contribution is 2.33. The number of hydrogen-bond donors (Lipinski definition) is 1. The summed E-state index contributed by atoms with van der Waals surface area (Å²) in [6.07, 6.45) is 2.04. The molecule has 0 radical (unpaired) electrons. The van der Waals surface area contributed by atoms with Gasteiger partial charge in [0.1, 0.15) is 4.88 Å². The minimum absolute atomic E-state index is 0.222. The molecule has 1 N–H and O–H groups in total. The Labute approximate surface area is 148 Å². The van der Waals surface area contributed by atoms with Gasteiger partial charge in [0.25, 0.3) is 5.91 Å². The van der Waals surface area contributed by atoms with Crippen LogP contribution in [0.2, 0.25) is 0 Å². The van der Waals surface area contributed by atoms with Crippen LogP contribution in [0.15, 0.2) is 30.3 Å². The molecule has 4 rings (SSSR count). The van der Waals surface area contributed by atoms with Crippen molar-refractivity contribution >= 4 is 39.1 Å². The molecule has 1 aliphatic carbocycles. The normalized spacial score (nSPS) is 12.4. The summed E-state index contributed by atoms with van der Waals surface area (Å²) >= 11 is 1.12. The van der Waals surface area contributed by atoms with Gasteiger partial charge in [0.2, 0.25) is 0 Å². The molecule has 0 unspecified atom stereocenters. The fourth-order valence-electron chi connectivity index (χ4n) is 3.34. The highest BCUT2D eigenvalue weighted by Gasteiger charge is 2.21. The zero-order valence-electron chi connectivity index (χ0n) is 13.9. The Hall–Kier alpha value is -2.73. The smallest absolute Gasteiger partial charge is 0.350 e. The third kappa shape index (κ3) is 2.59. The van der Waals surface area contributed by atoms with Gasteiger partial charge >= 0.3 is 5.97 Å². The Balaban J connectivity index is 1.69. The van der Waals surface area contributed by atoms with E-state index in [1.807, 2.05) is 24.3 Å². The van der Waals surface area contributed by atoms with Crippen LogP contribution < -0.4 is 5.32 Å². The zero-order valence-corrected chi connectivity index (χ0v) is 14.7. The summed E-state index contributed by atoms with van der Waals surface area (Å²) < 4.78 is 4.73. The van der Waals surface area contributed by atoms with Crippen molar-refractivity contribution in [3.8, 4) is 0 Å². The number of anilines is 1. The van der Waals surface area contributed by atoms with Crippen molar-refractivity contribution in [2.45, 2.75) is 19.8 Å². The van der Waals surface area contributed by atoms with Crippen molar-refractivity contribution in [1.29, 1.82) is 0 Å². The summed E-state index contributed by atoms with van der Waals surface area (Å²) in [5.74, 6) is -0.665. The van der Waals surface area contributed by atoms with E-state index in [0.29, 0.717) is 21.3 Å². The number of benzene rings is 2. The molecule has 0 bridgehead atoms. The van der Waals surface area contributed by atoms with Crippen LogP contribution in [0.25, 0.3) is 10.8 Å². The lowest BCUT2D eigenvalue weighted by Crippen LogP contribution is -2.12.